The summed E-state index contributed by atoms with van der Waals surface area (Å²) >= 11 is 0. The van der Waals surface area contributed by atoms with Crippen molar-refractivity contribution in [3.05, 3.63) is 35.4 Å². The van der Waals surface area contributed by atoms with Crippen LogP contribution >= 0.6 is 0 Å². The van der Waals surface area contributed by atoms with Gasteiger partial charge < -0.3 is 5.32 Å². The predicted octanol–water partition coefficient (Wildman–Crippen LogP) is 3.93. The van der Waals surface area contributed by atoms with Crippen molar-refractivity contribution >= 4 is 11.7 Å². The predicted molar refractivity (Wildman–Crippen MR) is 111 cm³/mol. The molecule has 1 N–H and O–H groups in total. The quantitative estimate of drug-likeness (QED) is 0.839. The highest BCUT2D eigenvalue weighted by Crippen LogP contribution is 2.40. The molecule has 1 heterocycles. The van der Waals surface area contributed by atoms with E-state index in [1.165, 1.54) is 37.1 Å². The Kier molecular flexibility index (Phi) is 6.15. The van der Waals surface area contributed by atoms with Crippen LogP contribution in [0.3, 0.4) is 0 Å². The van der Waals surface area contributed by atoms with Crippen LogP contribution in [0.4, 0.5) is 0 Å². The van der Waals surface area contributed by atoms with E-state index in [9.17, 15) is 9.59 Å². The number of hydrogen-bond donors (Lipinski definition) is 1. The van der Waals surface area contributed by atoms with Crippen molar-refractivity contribution in [3.8, 4) is 0 Å². The SMILES string of the molecule is C[C@H]1CCCN(Cc2ccccc2CNC(=O)C2C[C@H]3CCC[C@@H](C2)C3=O)C1. The normalized spacial score (nSPS) is 30.8. The maximum Gasteiger partial charge on any atom is 0.223 e. The van der Waals surface area contributed by atoms with Crippen molar-refractivity contribution in [1.82, 2.24) is 10.2 Å². The number of Topliss-reactive ketones (excluding diaryl/α,β-unsaturated/α-hetero) is 1. The second kappa shape index (κ2) is 8.77. The van der Waals surface area contributed by atoms with Crippen LogP contribution < -0.4 is 5.32 Å². The first-order valence-corrected chi connectivity index (χ1v) is 11.2. The minimum Gasteiger partial charge on any atom is -0.352 e. The van der Waals surface area contributed by atoms with Crippen molar-refractivity contribution < 1.29 is 9.59 Å². The van der Waals surface area contributed by atoms with Crippen LogP contribution in [0.1, 0.15) is 63.0 Å². The lowest BCUT2D eigenvalue weighted by Crippen LogP contribution is -2.42. The lowest BCUT2D eigenvalue weighted by Gasteiger charge is -2.37. The molecule has 2 bridgehead atoms. The van der Waals surface area contributed by atoms with E-state index in [0.29, 0.717) is 12.3 Å². The van der Waals surface area contributed by atoms with Crippen LogP contribution in [0.5, 0.6) is 0 Å². The van der Waals surface area contributed by atoms with Crippen molar-refractivity contribution in [1.29, 1.82) is 0 Å². The van der Waals surface area contributed by atoms with E-state index >= 15 is 0 Å². The Morgan fingerprint density at radius 2 is 1.79 bits per heavy atom. The topological polar surface area (TPSA) is 49.4 Å². The molecular formula is C24H34N2O2. The van der Waals surface area contributed by atoms with E-state index in [0.717, 1.165) is 44.6 Å². The average molecular weight is 383 g/mol. The van der Waals surface area contributed by atoms with E-state index in [-0.39, 0.29) is 23.7 Å². The molecule has 1 aliphatic heterocycles. The zero-order chi connectivity index (χ0) is 19.5. The van der Waals surface area contributed by atoms with Gasteiger partial charge in [-0.3, -0.25) is 14.5 Å². The molecule has 3 fully saturated rings. The lowest BCUT2D eigenvalue weighted by molar-refractivity contribution is -0.137. The second-order valence-electron chi connectivity index (χ2n) is 9.36. The van der Waals surface area contributed by atoms with Gasteiger partial charge in [0.2, 0.25) is 5.91 Å². The number of benzene rings is 1. The molecule has 28 heavy (non-hydrogen) atoms. The largest absolute Gasteiger partial charge is 0.352 e. The summed E-state index contributed by atoms with van der Waals surface area (Å²) in [6.45, 7) is 6.24. The number of nitrogens with one attached hydrogen (secondary N) is 1. The summed E-state index contributed by atoms with van der Waals surface area (Å²) < 4.78 is 0. The van der Waals surface area contributed by atoms with E-state index in [2.05, 4.69) is 41.4 Å². The smallest absolute Gasteiger partial charge is 0.223 e. The van der Waals surface area contributed by atoms with E-state index in [4.69, 9.17) is 0 Å². The highest BCUT2D eigenvalue weighted by molar-refractivity contribution is 5.88. The van der Waals surface area contributed by atoms with Gasteiger partial charge >= 0.3 is 0 Å². The van der Waals surface area contributed by atoms with Crippen LogP contribution in [-0.2, 0) is 22.7 Å². The first-order chi connectivity index (χ1) is 13.6. The van der Waals surface area contributed by atoms with Gasteiger partial charge in [0.05, 0.1) is 0 Å². The van der Waals surface area contributed by atoms with E-state index in [1.807, 2.05) is 0 Å². The number of ketones is 1. The maximum atomic E-state index is 12.8. The Bertz CT molecular complexity index is 700. The highest BCUT2D eigenvalue weighted by atomic mass is 16.2. The van der Waals surface area contributed by atoms with Crippen molar-refractivity contribution in [2.75, 3.05) is 13.1 Å². The Morgan fingerprint density at radius 1 is 1.07 bits per heavy atom. The summed E-state index contributed by atoms with van der Waals surface area (Å²) in [5.41, 5.74) is 2.55. The third-order valence-electron chi connectivity index (χ3n) is 7.13. The minimum absolute atomic E-state index is 0.0168. The van der Waals surface area contributed by atoms with Gasteiger partial charge in [-0.1, -0.05) is 37.6 Å². The molecule has 1 amide bonds. The number of amides is 1. The molecule has 1 aromatic carbocycles. The van der Waals surface area contributed by atoms with Crippen LogP contribution in [0.25, 0.3) is 0 Å². The zero-order valence-electron chi connectivity index (χ0n) is 17.2. The summed E-state index contributed by atoms with van der Waals surface area (Å²) in [7, 11) is 0. The van der Waals surface area contributed by atoms with E-state index < -0.39 is 0 Å². The number of fused-ring (bicyclic) bond motifs is 2. The van der Waals surface area contributed by atoms with Gasteiger partial charge in [-0.2, -0.15) is 0 Å². The van der Waals surface area contributed by atoms with Crippen molar-refractivity contribution in [2.24, 2.45) is 23.7 Å². The monoisotopic (exact) mass is 382 g/mol. The lowest BCUT2D eigenvalue weighted by atomic mass is 9.67. The number of hydrogen-bond acceptors (Lipinski definition) is 3. The number of carbonyl (C=O) groups is 2. The third-order valence-corrected chi connectivity index (χ3v) is 7.13. The van der Waals surface area contributed by atoms with Gasteiger partial charge in [-0.25, -0.2) is 0 Å². The molecule has 0 spiro atoms. The summed E-state index contributed by atoms with van der Waals surface area (Å²) in [5.74, 6) is 1.63. The number of carbonyl (C=O) groups excluding carboxylic acids is 2. The fraction of sp³-hybridized carbons (Fsp3) is 0.667. The Morgan fingerprint density at radius 3 is 2.50 bits per heavy atom. The zero-order valence-corrected chi connectivity index (χ0v) is 17.2. The fourth-order valence-electron chi connectivity index (χ4n) is 5.58. The number of likely N-dealkylation sites (tertiary alicyclic amines) is 1. The first-order valence-electron chi connectivity index (χ1n) is 11.2. The summed E-state index contributed by atoms with van der Waals surface area (Å²) in [6, 6.07) is 8.50. The highest BCUT2D eigenvalue weighted by Gasteiger charge is 2.41. The number of rotatable bonds is 5. The number of piperidine rings is 1. The van der Waals surface area contributed by atoms with Gasteiger partial charge in [0.25, 0.3) is 0 Å². The molecule has 4 atom stereocenters. The molecule has 1 aromatic rings. The molecule has 0 radical (unpaired) electrons. The van der Waals surface area contributed by atoms with Crippen molar-refractivity contribution in [3.63, 3.8) is 0 Å². The van der Waals surface area contributed by atoms with Gasteiger partial charge in [-0.05, 0) is 62.1 Å². The Labute approximate surface area is 169 Å². The van der Waals surface area contributed by atoms with Gasteiger partial charge in [0.1, 0.15) is 5.78 Å². The van der Waals surface area contributed by atoms with Gasteiger partial charge in [0, 0.05) is 37.4 Å². The van der Waals surface area contributed by atoms with Crippen LogP contribution in [0, 0.1) is 23.7 Å². The molecule has 4 nitrogen and oxygen atoms in total. The van der Waals surface area contributed by atoms with Crippen LogP contribution in [-0.4, -0.2) is 29.7 Å². The molecule has 152 valence electrons. The number of nitrogens with zero attached hydrogens (tertiary/aromatic N) is 1. The molecule has 1 unspecified atom stereocenters. The van der Waals surface area contributed by atoms with Crippen LogP contribution in [0.15, 0.2) is 24.3 Å². The van der Waals surface area contributed by atoms with Crippen molar-refractivity contribution in [2.45, 2.75) is 65.0 Å². The summed E-state index contributed by atoms with van der Waals surface area (Å²) in [6.07, 6.45) is 7.25. The molecular weight excluding hydrogens is 348 g/mol. The molecule has 3 aliphatic rings. The van der Waals surface area contributed by atoms with Gasteiger partial charge in [0.15, 0.2) is 0 Å². The molecule has 0 aromatic heterocycles. The molecule has 2 aliphatic carbocycles. The molecule has 1 saturated heterocycles. The molecule has 4 heteroatoms. The van der Waals surface area contributed by atoms with Crippen LogP contribution in [0.2, 0.25) is 0 Å². The second-order valence-corrected chi connectivity index (χ2v) is 9.36. The van der Waals surface area contributed by atoms with Gasteiger partial charge in [-0.15, -0.1) is 0 Å². The third kappa shape index (κ3) is 4.48. The fourth-order valence-corrected chi connectivity index (χ4v) is 5.58. The summed E-state index contributed by atoms with van der Waals surface area (Å²) in [4.78, 5) is 27.6. The molecule has 2 saturated carbocycles. The first kappa shape index (κ1) is 19.6. The average Bonchev–Trinajstić information content (AvgIpc) is 2.67. The molecule has 4 rings (SSSR count). The standard InChI is InChI=1S/C24H34N2O2/c1-17-6-5-11-26(15-17)16-21-8-3-2-7-20(21)14-25-24(28)22-12-18-9-4-10-19(13-22)23(18)27/h2-3,7-8,17-19,22H,4-6,9-16H2,1H3,(H,25,28)/t17-,18-,19+,22?/m0/s1. The van der Waals surface area contributed by atoms with E-state index in [1.54, 1.807) is 0 Å². The maximum absolute atomic E-state index is 12.8. The Hall–Kier alpha value is -1.68. The minimum atomic E-state index is 0.0168. The summed E-state index contributed by atoms with van der Waals surface area (Å²) in [5, 5.41) is 3.19. The Balaban J connectivity index is 1.34.